The van der Waals surface area contributed by atoms with E-state index in [2.05, 4.69) is 12.2 Å². The topological polar surface area (TPSA) is 50.7 Å². The van der Waals surface area contributed by atoms with E-state index >= 15 is 0 Å². The number of aliphatic hydroxyl groups is 1. The summed E-state index contributed by atoms with van der Waals surface area (Å²) in [5.74, 6) is 1.72. The van der Waals surface area contributed by atoms with Gasteiger partial charge in [0.25, 0.3) is 0 Å². The molecule has 1 aromatic rings. The van der Waals surface area contributed by atoms with Gasteiger partial charge in [0.1, 0.15) is 11.5 Å². The zero-order valence-corrected chi connectivity index (χ0v) is 11.4. The van der Waals surface area contributed by atoms with Crippen LogP contribution in [0.3, 0.4) is 0 Å². The summed E-state index contributed by atoms with van der Waals surface area (Å²) in [5, 5.41) is 12.3. The highest BCUT2D eigenvalue weighted by Gasteiger charge is 2.08. The van der Waals surface area contributed by atoms with E-state index in [9.17, 15) is 0 Å². The summed E-state index contributed by atoms with van der Waals surface area (Å²) < 4.78 is 10.9. The first kappa shape index (κ1) is 14.8. The van der Waals surface area contributed by atoms with E-state index in [0.29, 0.717) is 6.61 Å². The molecule has 0 heterocycles. The molecule has 4 nitrogen and oxygen atoms in total. The lowest BCUT2D eigenvalue weighted by Crippen LogP contribution is -2.16. The molecule has 102 valence electrons. The van der Waals surface area contributed by atoms with Crippen LogP contribution in [-0.2, 0) is 6.54 Å². The van der Waals surface area contributed by atoms with Gasteiger partial charge in [0, 0.05) is 30.7 Å². The summed E-state index contributed by atoms with van der Waals surface area (Å²) in [6.07, 6.45) is 0. The molecule has 0 aliphatic rings. The zero-order chi connectivity index (χ0) is 13.4. The normalized spacial score (nSPS) is 12.2. The number of hydrogen-bond acceptors (Lipinski definition) is 4. The SMILES string of the molecule is CCNCc1ccc(OC)cc1OCC(C)CO. The first-order chi connectivity index (χ1) is 8.71. The Morgan fingerprint density at radius 1 is 1.39 bits per heavy atom. The lowest BCUT2D eigenvalue weighted by molar-refractivity contribution is 0.173. The summed E-state index contributed by atoms with van der Waals surface area (Å²) in [6, 6.07) is 5.81. The summed E-state index contributed by atoms with van der Waals surface area (Å²) in [6.45, 7) is 6.33. The minimum atomic E-state index is 0.128. The maximum absolute atomic E-state index is 9.01. The number of methoxy groups -OCH3 is 1. The van der Waals surface area contributed by atoms with E-state index in [-0.39, 0.29) is 12.5 Å². The van der Waals surface area contributed by atoms with Gasteiger partial charge in [0.05, 0.1) is 13.7 Å². The van der Waals surface area contributed by atoms with Crippen LogP contribution in [0.25, 0.3) is 0 Å². The third-order valence-electron chi connectivity index (χ3n) is 2.67. The average molecular weight is 253 g/mol. The highest BCUT2D eigenvalue weighted by atomic mass is 16.5. The summed E-state index contributed by atoms with van der Waals surface area (Å²) in [7, 11) is 1.64. The fourth-order valence-corrected chi connectivity index (χ4v) is 1.49. The molecule has 18 heavy (non-hydrogen) atoms. The van der Waals surface area contributed by atoms with Gasteiger partial charge >= 0.3 is 0 Å². The predicted molar refractivity (Wildman–Crippen MR) is 72.1 cm³/mol. The molecule has 0 aliphatic heterocycles. The van der Waals surface area contributed by atoms with E-state index in [1.165, 1.54) is 0 Å². The van der Waals surface area contributed by atoms with Gasteiger partial charge in [0.2, 0.25) is 0 Å². The molecule has 1 atom stereocenters. The molecule has 1 unspecified atom stereocenters. The Morgan fingerprint density at radius 2 is 2.17 bits per heavy atom. The summed E-state index contributed by atoms with van der Waals surface area (Å²) in [4.78, 5) is 0. The molecule has 0 saturated heterocycles. The van der Waals surface area contributed by atoms with Crippen molar-refractivity contribution in [3.05, 3.63) is 23.8 Å². The number of hydrogen-bond donors (Lipinski definition) is 2. The first-order valence-corrected chi connectivity index (χ1v) is 6.32. The lowest BCUT2D eigenvalue weighted by Gasteiger charge is -2.15. The largest absolute Gasteiger partial charge is 0.497 e. The summed E-state index contributed by atoms with van der Waals surface area (Å²) >= 11 is 0. The van der Waals surface area contributed by atoms with Gasteiger partial charge in [-0.3, -0.25) is 0 Å². The van der Waals surface area contributed by atoms with Crippen LogP contribution in [0.2, 0.25) is 0 Å². The Hall–Kier alpha value is -1.26. The minimum Gasteiger partial charge on any atom is -0.497 e. The van der Waals surface area contributed by atoms with Crippen molar-refractivity contribution in [3.63, 3.8) is 0 Å². The van der Waals surface area contributed by atoms with Crippen LogP contribution in [0, 0.1) is 5.92 Å². The predicted octanol–water partition coefficient (Wildman–Crippen LogP) is 1.81. The van der Waals surface area contributed by atoms with Crippen molar-refractivity contribution in [2.75, 3.05) is 26.9 Å². The van der Waals surface area contributed by atoms with Gasteiger partial charge < -0.3 is 19.9 Å². The molecular weight excluding hydrogens is 230 g/mol. The Labute approximate surface area is 109 Å². The van der Waals surface area contributed by atoms with Crippen molar-refractivity contribution < 1.29 is 14.6 Å². The van der Waals surface area contributed by atoms with E-state index in [4.69, 9.17) is 14.6 Å². The molecule has 4 heteroatoms. The van der Waals surface area contributed by atoms with E-state index < -0.39 is 0 Å². The standard InChI is InChI=1S/C14H23NO3/c1-4-15-8-12-5-6-13(17-3)7-14(12)18-10-11(2)9-16/h5-7,11,15-16H,4,8-10H2,1-3H3. The third kappa shape index (κ3) is 4.55. The molecule has 0 saturated carbocycles. The van der Waals surface area contributed by atoms with Crippen LogP contribution >= 0.6 is 0 Å². The second-order valence-electron chi connectivity index (χ2n) is 4.35. The third-order valence-corrected chi connectivity index (χ3v) is 2.67. The van der Waals surface area contributed by atoms with Crippen molar-refractivity contribution >= 4 is 0 Å². The molecule has 0 bridgehead atoms. The summed E-state index contributed by atoms with van der Waals surface area (Å²) in [5.41, 5.74) is 1.10. The number of nitrogens with one attached hydrogen (secondary N) is 1. The second kappa shape index (κ2) is 7.95. The molecule has 0 fully saturated rings. The Bertz CT molecular complexity index is 355. The molecule has 0 radical (unpaired) electrons. The smallest absolute Gasteiger partial charge is 0.127 e. The van der Waals surface area contributed by atoms with Gasteiger partial charge in [-0.25, -0.2) is 0 Å². The lowest BCUT2D eigenvalue weighted by atomic mass is 10.1. The Kier molecular flexibility index (Phi) is 6.54. The maximum Gasteiger partial charge on any atom is 0.127 e. The molecule has 1 rings (SSSR count). The van der Waals surface area contributed by atoms with Crippen LogP contribution in [0.5, 0.6) is 11.5 Å². The van der Waals surface area contributed by atoms with Crippen molar-refractivity contribution in [1.82, 2.24) is 5.32 Å². The Morgan fingerprint density at radius 3 is 2.78 bits per heavy atom. The number of aliphatic hydroxyl groups excluding tert-OH is 1. The number of ether oxygens (including phenoxy) is 2. The quantitative estimate of drug-likeness (QED) is 0.742. The molecule has 0 aromatic heterocycles. The van der Waals surface area contributed by atoms with Crippen LogP contribution in [0.1, 0.15) is 19.4 Å². The molecule has 0 spiro atoms. The molecule has 2 N–H and O–H groups in total. The maximum atomic E-state index is 9.01. The highest BCUT2D eigenvalue weighted by molar-refractivity contribution is 5.40. The molecule has 1 aromatic carbocycles. The number of rotatable bonds is 8. The van der Waals surface area contributed by atoms with Gasteiger partial charge in [-0.2, -0.15) is 0 Å². The van der Waals surface area contributed by atoms with E-state index in [1.807, 2.05) is 25.1 Å². The fourth-order valence-electron chi connectivity index (χ4n) is 1.49. The monoisotopic (exact) mass is 253 g/mol. The van der Waals surface area contributed by atoms with Crippen molar-refractivity contribution in [3.8, 4) is 11.5 Å². The molecule has 0 aliphatic carbocycles. The second-order valence-corrected chi connectivity index (χ2v) is 4.35. The van der Waals surface area contributed by atoms with Crippen molar-refractivity contribution in [2.24, 2.45) is 5.92 Å². The van der Waals surface area contributed by atoms with Gasteiger partial charge in [0.15, 0.2) is 0 Å². The first-order valence-electron chi connectivity index (χ1n) is 6.32. The van der Waals surface area contributed by atoms with Crippen LogP contribution in [-0.4, -0.2) is 32.0 Å². The Balaban J connectivity index is 2.75. The van der Waals surface area contributed by atoms with Gasteiger partial charge in [-0.1, -0.05) is 19.9 Å². The number of benzene rings is 1. The van der Waals surface area contributed by atoms with Crippen molar-refractivity contribution in [1.29, 1.82) is 0 Å². The highest BCUT2D eigenvalue weighted by Crippen LogP contribution is 2.25. The van der Waals surface area contributed by atoms with E-state index in [1.54, 1.807) is 7.11 Å². The van der Waals surface area contributed by atoms with Crippen LogP contribution in [0.15, 0.2) is 18.2 Å². The van der Waals surface area contributed by atoms with E-state index in [0.717, 1.165) is 30.2 Å². The van der Waals surface area contributed by atoms with Gasteiger partial charge in [-0.05, 0) is 12.6 Å². The zero-order valence-electron chi connectivity index (χ0n) is 11.4. The molecule has 0 amide bonds. The van der Waals surface area contributed by atoms with Crippen molar-refractivity contribution in [2.45, 2.75) is 20.4 Å². The average Bonchev–Trinajstić information content (AvgIpc) is 2.42. The minimum absolute atomic E-state index is 0.128. The van der Waals surface area contributed by atoms with Crippen LogP contribution in [0.4, 0.5) is 0 Å². The van der Waals surface area contributed by atoms with Crippen LogP contribution < -0.4 is 14.8 Å². The fraction of sp³-hybridized carbons (Fsp3) is 0.571. The van der Waals surface area contributed by atoms with Gasteiger partial charge in [-0.15, -0.1) is 0 Å². The molecular formula is C14H23NO3.